The Morgan fingerprint density at radius 2 is 1.69 bits per heavy atom. The molecule has 2 aliphatic heterocycles. The van der Waals surface area contributed by atoms with Crippen molar-refractivity contribution in [3.63, 3.8) is 0 Å². The maximum Gasteiger partial charge on any atom is 0.266 e. The average molecular weight is 787 g/mol. The molecule has 17 heteroatoms. The van der Waals surface area contributed by atoms with Crippen molar-refractivity contribution in [2.24, 2.45) is 10.7 Å². The zero-order valence-electron chi connectivity index (χ0n) is 30.4. The monoisotopic (exact) mass is 786 g/mol. The SMILES string of the molecule is Cc1sc2c(c1C)C(c1ccc(Cl)cc1)=NC(CC(=O)NCCCCNC(=O)COc1cccc3c1C(=O)N(C(CCC=O)C(N)=O)C3=O)c1nnc(C)n1-2. The third kappa shape index (κ3) is 8.05. The number of unbranched alkanes of at least 4 members (excludes halogenated alkanes) is 1. The number of nitrogens with one attached hydrogen (secondary N) is 2. The molecule has 0 bridgehead atoms. The summed E-state index contributed by atoms with van der Waals surface area (Å²) in [5.74, 6) is -1.83. The molecule has 0 saturated heterocycles. The lowest BCUT2D eigenvalue weighted by Crippen LogP contribution is -2.47. The number of nitrogens with zero attached hydrogens (tertiary/aromatic N) is 5. The van der Waals surface area contributed by atoms with Crippen molar-refractivity contribution in [3.05, 3.63) is 91.8 Å². The topological polar surface area (TPSA) is 208 Å². The number of nitrogens with two attached hydrogens (primary N) is 1. The lowest BCUT2D eigenvalue weighted by molar-refractivity contribution is -0.123. The molecule has 286 valence electrons. The van der Waals surface area contributed by atoms with Gasteiger partial charge in [-0.1, -0.05) is 29.8 Å². The van der Waals surface area contributed by atoms with Gasteiger partial charge in [0.15, 0.2) is 12.4 Å². The maximum atomic E-state index is 13.3. The van der Waals surface area contributed by atoms with E-state index >= 15 is 0 Å². The van der Waals surface area contributed by atoms with Gasteiger partial charge in [0.2, 0.25) is 11.8 Å². The highest BCUT2D eigenvalue weighted by atomic mass is 35.5. The first-order chi connectivity index (χ1) is 26.4. The number of aliphatic imine (C=N–C) groups is 1. The molecule has 55 heavy (non-hydrogen) atoms. The Bertz CT molecular complexity index is 2210. The van der Waals surface area contributed by atoms with Gasteiger partial charge in [-0.25, -0.2) is 0 Å². The fraction of sp³-hybridized carbons (Fsp3) is 0.342. The van der Waals surface area contributed by atoms with E-state index in [1.807, 2.05) is 35.8 Å². The average Bonchev–Trinajstić information content (AvgIpc) is 3.73. The number of halogens is 1. The molecule has 2 atom stereocenters. The fourth-order valence-corrected chi connectivity index (χ4v) is 7.92. The predicted octanol–water partition coefficient (Wildman–Crippen LogP) is 3.71. The summed E-state index contributed by atoms with van der Waals surface area (Å²) in [4.78, 5) is 82.0. The van der Waals surface area contributed by atoms with Crippen LogP contribution in [-0.4, -0.2) is 86.9 Å². The highest BCUT2D eigenvalue weighted by Crippen LogP contribution is 2.40. The van der Waals surface area contributed by atoms with Gasteiger partial charge < -0.3 is 25.9 Å². The minimum absolute atomic E-state index is 0.00221. The smallest absolute Gasteiger partial charge is 0.266 e. The van der Waals surface area contributed by atoms with E-state index in [2.05, 4.69) is 34.7 Å². The van der Waals surface area contributed by atoms with Crippen molar-refractivity contribution in [1.82, 2.24) is 30.3 Å². The first kappa shape index (κ1) is 39.0. The molecule has 4 heterocycles. The number of aromatic nitrogens is 3. The van der Waals surface area contributed by atoms with Crippen molar-refractivity contribution < 1.29 is 33.5 Å². The van der Waals surface area contributed by atoms with E-state index in [9.17, 15) is 28.8 Å². The third-order valence-electron chi connectivity index (χ3n) is 9.45. The van der Waals surface area contributed by atoms with Gasteiger partial charge in [-0.15, -0.1) is 21.5 Å². The number of amides is 5. The molecule has 0 spiro atoms. The second-order valence-corrected chi connectivity index (χ2v) is 14.8. The minimum atomic E-state index is -1.30. The number of ether oxygens (including phenoxy) is 1. The van der Waals surface area contributed by atoms with Gasteiger partial charge in [-0.2, -0.15) is 0 Å². The van der Waals surface area contributed by atoms with E-state index < -0.39 is 42.3 Å². The molecule has 0 fully saturated rings. The molecule has 15 nitrogen and oxygen atoms in total. The molecule has 4 N–H and O–H groups in total. The lowest BCUT2D eigenvalue weighted by Gasteiger charge is -2.22. The zero-order valence-corrected chi connectivity index (χ0v) is 32.0. The van der Waals surface area contributed by atoms with Gasteiger partial charge in [0, 0.05) is 40.5 Å². The Morgan fingerprint density at radius 1 is 0.982 bits per heavy atom. The molecule has 0 radical (unpaired) electrons. The summed E-state index contributed by atoms with van der Waals surface area (Å²) in [6.07, 6.45) is 1.58. The molecule has 6 rings (SSSR count). The van der Waals surface area contributed by atoms with Crippen molar-refractivity contribution in [2.45, 2.75) is 65.0 Å². The van der Waals surface area contributed by atoms with Crippen LogP contribution in [0.25, 0.3) is 5.00 Å². The number of hydrogen-bond donors (Lipinski definition) is 3. The Labute approximate surface area is 325 Å². The van der Waals surface area contributed by atoms with Crippen molar-refractivity contribution >= 4 is 64.5 Å². The Balaban J connectivity index is 1.01. The third-order valence-corrected chi connectivity index (χ3v) is 10.9. The molecular formula is C38H39ClN8O7S. The normalized spacial score (nSPS) is 15.0. The quantitative estimate of drug-likeness (QED) is 0.0858. The van der Waals surface area contributed by atoms with Gasteiger partial charge in [-0.05, 0) is 69.9 Å². The summed E-state index contributed by atoms with van der Waals surface area (Å²) >= 11 is 7.84. The zero-order chi connectivity index (χ0) is 39.4. The van der Waals surface area contributed by atoms with Crippen LogP contribution in [0.2, 0.25) is 5.02 Å². The number of imide groups is 1. The molecule has 2 aromatic heterocycles. The first-order valence-electron chi connectivity index (χ1n) is 17.7. The van der Waals surface area contributed by atoms with Crippen molar-refractivity contribution in [2.75, 3.05) is 19.7 Å². The second kappa shape index (κ2) is 16.7. The van der Waals surface area contributed by atoms with Crippen LogP contribution in [0.4, 0.5) is 0 Å². The van der Waals surface area contributed by atoms with Gasteiger partial charge in [0.1, 0.15) is 34.9 Å². The van der Waals surface area contributed by atoms with Crippen LogP contribution in [0.1, 0.15) is 92.1 Å². The number of thiophene rings is 1. The summed E-state index contributed by atoms with van der Waals surface area (Å²) in [7, 11) is 0. The van der Waals surface area contributed by atoms with Gasteiger partial charge in [-0.3, -0.25) is 38.4 Å². The summed E-state index contributed by atoms with van der Waals surface area (Å²) in [5.41, 5.74) is 9.08. The number of fused-ring (bicyclic) bond motifs is 4. The van der Waals surface area contributed by atoms with E-state index in [4.69, 9.17) is 27.1 Å². The number of aldehydes is 1. The predicted molar refractivity (Wildman–Crippen MR) is 204 cm³/mol. The highest BCUT2D eigenvalue weighted by Gasteiger charge is 2.44. The summed E-state index contributed by atoms with van der Waals surface area (Å²) in [6, 6.07) is 9.93. The van der Waals surface area contributed by atoms with E-state index in [-0.39, 0.29) is 42.0 Å². The van der Waals surface area contributed by atoms with Crippen LogP contribution in [0.5, 0.6) is 5.75 Å². The molecule has 4 aromatic rings. The van der Waals surface area contributed by atoms with E-state index in [1.54, 1.807) is 11.3 Å². The van der Waals surface area contributed by atoms with Crippen LogP contribution < -0.4 is 21.1 Å². The number of aryl methyl sites for hydroxylation is 2. The van der Waals surface area contributed by atoms with E-state index in [1.165, 1.54) is 18.2 Å². The van der Waals surface area contributed by atoms with Gasteiger partial charge in [0.25, 0.3) is 17.7 Å². The van der Waals surface area contributed by atoms with Crippen LogP contribution in [0.15, 0.2) is 47.5 Å². The van der Waals surface area contributed by atoms with Crippen molar-refractivity contribution in [3.8, 4) is 10.8 Å². The van der Waals surface area contributed by atoms with Crippen LogP contribution in [0, 0.1) is 20.8 Å². The molecule has 2 unspecified atom stereocenters. The highest BCUT2D eigenvalue weighted by molar-refractivity contribution is 7.15. The Hall–Kier alpha value is -5.74. The molecular weight excluding hydrogens is 748 g/mol. The Kier molecular flexibility index (Phi) is 11.9. The number of hydrogen-bond acceptors (Lipinski definition) is 11. The Morgan fingerprint density at radius 3 is 2.38 bits per heavy atom. The largest absolute Gasteiger partial charge is 0.483 e. The first-order valence-corrected chi connectivity index (χ1v) is 18.9. The number of primary amides is 1. The fourth-order valence-electron chi connectivity index (χ4n) is 6.58. The van der Waals surface area contributed by atoms with Crippen molar-refractivity contribution in [1.29, 1.82) is 0 Å². The van der Waals surface area contributed by atoms with E-state index in [0.717, 1.165) is 37.2 Å². The van der Waals surface area contributed by atoms with Crippen LogP contribution >= 0.6 is 22.9 Å². The number of rotatable bonds is 16. The number of carbonyl (C=O) groups is 6. The molecule has 5 amide bonds. The second-order valence-electron chi connectivity index (χ2n) is 13.1. The summed E-state index contributed by atoms with van der Waals surface area (Å²) < 4.78 is 7.61. The van der Waals surface area contributed by atoms with Crippen LogP contribution in [0.3, 0.4) is 0 Å². The van der Waals surface area contributed by atoms with Crippen LogP contribution in [-0.2, 0) is 19.2 Å². The minimum Gasteiger partial charge on any atom is -0.483 e. The molecule has 0 saturated carbocycles. The van der Waals surface area contributed by atoms with Gasteiger partial charge in [0.05, 0.1) is 23.3 Å². The summed E-state index contributed by atoms with van der Waals surface area (Å²) in [6.45, 7) is 6.24. The lowest BCUT2D eigenvalue weighted by atomic mass is 9.99. The standard InChI is InChI=1S/C38H39ClN8O7S/c1-20-21(2)55-38-31(20)33(23-11-13-24(39)14-12-23)43-26(35-45-44-22(3)46(35)38)18-29(49)41-15-4-5-16-42-30(50)19-54-28-10-6-8-25-32(28)37(53)47(36(25)52)27(34(40)51)9-7-17-48/h6,8,10-14,17,26-27H,4-5,7,9,15-16,18-19H2,1-3H3,(H2,40,51)(H,41,49)(H,42,50). The van der Waals surface area contributed by atoms with Gasteiger partial charge >= 0.3 is 0 Å². The number of benzene rings is 2. The molecule has 0 aliphatic carbocycles. The summed E-state index contributed by atoms with van der Waals surface area (Å²) in [5, 5.41) is 16.0. The molecule has 2 aliphatic rings. The molecule has 2 aromatic carbocycles. The maximum absolute atomic E-state index is 13.3. The number of carbonyl (C=O) groups excluding carboxylic acids is 6. The van der Waals surface area contributed by atoms with E-state index in [0.29, 0.717) is 48.9 Å².